The number of fused-ring (bicyclic) bond motifs is 2. The number of carbonyl (C=O) groups is 2. The number of rotatable bonds is 4. The molecule has 0 fully saturated rings. The normalized spacial score (nSPS) is 12.8. The molecule has 0 saturated carbocycles. The zero-order valence-electron chi connectivity index (χ0n) is 15.1. The van der Waals surface area contributed by atoms with Gasteiger partial charge in [-0.3, -0.25) is 4.79 Å². The van der Waals surface area contributed by atoms with E-state index in [-0.39, 0.29) is 18.0 Å². The number of carbonyl (C=O) groups excluding carboxylic acids is 1. The highest BCUT2D eigenvalue weighted by Crippen LogP contribution is 2.37. The van der Waals surface area contributed by atoms with Gasteiger partial charge in [-0.2, -0.15) is 0 Å². The van der Waals surface area contributed by atoms with Crippen LogP contribution >= 0.6 is 0 Å². The molecule has 140 valence electrons. The van der Waals surface area contributed by atoms with Crippen LogP contribution in [0.2, 0.25) is 0 Å². The van der Waals surface area contributed by atoms with Crippen LogP contribution in [0, 0.1) is 0 Å². The van der Waals surface area contributed by atoms with E-state index in [9.17, 15) is 14.7 Å². The number of anilines is 1. The average molecular weight is 375 g/mol. The van der Waals surface area contributed by atoms with Gasteiger partial charge in [0.2, 0.25) is 12.7 Å². The summed E-state index contributed by atoms with van der Waals surface area (Å²) < 4.78 is 10.5. The van der Waals surface area contributed by atoms with Gasteiger partial charge < -0.3 is 19.9 Å². The molecule has 6 heteroatoms. The van der Waals surface area contributed by atoms with Crippen LogP contribution in [-0.2, 0) is 4.79 Å². The van der Waals surface area contributed by atoms with E-state index < -0.39 is 11.9 Å². The third kappa shape index (κ3) is 3.40. The number of hydrogen-bond acceptors (Lipinski definition) is 4. The van der Waals surface area contributed by atoms with Gasteiger partial charge in [0.1, 0.15) is 0 Å². The van der Waals surface area contributed by atoms with E-state index >= 15 is 0 Å². The number of hydrogen-bond donors (Lipinski definition) is 2. The second kappa shape index (κ2) is 7.08. The van der Waals surface area contributed by atoms with Crippen LogP contribution in [-0.4, -0.2) is 23.8 Å². The fourth-order valence-corrected chi connectivity index (χ4v) is 3.11. The van der Waals surface area contributed by atoms with Crippen molar-refractivity contribution in [1.82, 2.24) is 0 Å². The largest absolute Gasteiger partial charge is 0.478 e. The van der Waals surface area contributed by atoms with Crippen LogP contribution in [0.1, 0.15) is 22.8 Å². The maximum Gasteiger partial charge on any atom is 0.337 e. The van der Waals surface area contributed by atoms with Crippen molar-refractivity contribution in [2.75, 3.05) is 12.1 Å². The minimum absolute atomic E-state index is 0.0206. The standard InChI is InChI=1S/C22H17NO5/c1-13(15-7-6-14-4-2-3-5-16(14)9-15)8-21(24)23-18-11-20-19(27-12-28-20)10-17(18)22(25)26/h2-11H,12H2,1H3,(H,23,24)(H,25,26). The molecule has 1 amide bonds. The summed E-state index contributed by atoms with van der Waals surface area (Å²) in [6.07, 6.45) is 1.44. The quantitative estimate of drug-likeness (QED) is 0.664. The topological polar surface area (TPSA) is 84.9 Å². The van der Waals surface area contributed by atoms with E-state index in [0.717, 1.165) is 21.9 Å². The second-order valence-corrected chi connectivity index (χ2v) is 6.43. The molecule has 3 aromatic carbocycles. The van der Waals surface area contributed by atoms with Gasteiger partial charge in [0.25, 0.3) is 0 Å². The number of carboxylic acid groups (broad SMARTS) is 1. The number of amides is 1. The van der Waals surface area contributed by atoms with Crippen molar-refractivity contribution in [1.29, 1.82) is 0 Å². The highest BCUT2D eigenvalue weighted by Gasteiger charge is 2.21. The summed E-state index contributed by atoms with van der Waals surface area (Å²) in [6.45, 7) is 1.86. The predicted molar refractivity (Wildman–Crippen MR) is 106 cm³/mol. The molecule has 0 saturated heterocycles. The lowest BCUT2D eigenvalue weighted by atomic mass is 10.0. The number of allylic oxidation sites excluding steroid dienone is 1. The van der Waals surface area contributed by atoms with Crippen molar-refractivity contribution in [3.8, 4) is 11.5 Å². The summed E-state index contributed by atoms with van der Waals surface area (Å²) in [5, 5.41) is 14.2. The van der Waals surface area contributed by atoms with Crippen LogP contribution in [0.3, 0.4) is 0 Å². The Kier molecular flexibility index (Phi) is 4.45. The summed E-state index contributed by atoms with van der Waals surface area (Å²) in [5.74, 6) is -0.843. The lowest BCUT2D eigenvalue weighted by molar-refractivity contribution is -0.111. The van der Waals surface area contributed by atoms with Gasteiger partial charge in [-0.1, -0.05) is 36.4 Å². The Morgan fingerprint density at radius 2 is 1.71 bits per heavy atom. The van der Waals surface area contributed by atoms with Gasteiger partial charge in [0.05, 0.1) is 11.3 Å². The molecule has 1 aliphatic rings. The van der Waals surface area contributed by atoms with Gasteiger partial charge in [0, 0.05) is 18.2 Å². The monoisotopic (exact) mass is 375 g/mol. The van der Waals surface area contributed by atoms with Crippen molar-refractivity contribution in [3.63, 3.8) is 0 Å². The van der Waals surface area contributed by atoms with Gasteiger partial charge >= 0.3 is 5.97 Å². The molecule has 0 atom stereocenters. The molecule has 0 unspecified atom stereocenters. The first-order valence-corrected chi connectivity index (χ1v) is 8.66. The van der Waals surface area contributed by atoms with Gasteiger partial charge in [0.15, 0.2) is 11.5 Å². The first-order valence-electron chi connectivity index (χ1n) is 8.66. The third-order valence-electron chi connectivity index (χ3n) is 4.55. The Hall–Kier alpha value is -3.80. The minimum atomic E-state index is -1.16. The zero-order chi connectivity index (χ0) is 19.7. The van der Waals surface area contributed by atoms with Crippen molar-refractivity contribution < 1.29 is 24.2 Å². The Bertz CT molecular complexity index is 1130. The van der Waals surface area contributed by atoms with Crippen LogP contribution in [0.5, 0.6) is 11.5 Å². The molecule has 0 aromatic heterocycles. The lowest BCUT2D eigenvalue weighted by Gasteiger charge is -2.09. The van der Waals surface area contributed by atoms with Gasteiger partial charge in [-0.05, 0) is 34.9 Å². The number of nitrogens with one attached hydrogen (secondary N) is 1. The summed E-state index contributed by atoms with van der Waals surface area (Å²) >= 11 is 0. The first kappa shape index (κ1) is 17.6. The van der Waals surface area contributed by atoms with Gasteiger partial charge in [-0.15, -0.1) is 0 Å². The fourth-order valence-electron chi connectivity index (χ4n) is 3.11. The maximum atomic E-state index is 12.5. The Morgan fingerprint density at radius 3 is 2.46 bits per heavy atom. The molecule has 28 heavy (non-hydrogen) atoms. The van der Waals surface area contributed by atoms with Crippen LogP contribution in [0.15, 0.2) is 60.7 Å². The second-order valence-electron chi connectivity index (χ2n) is 6.43. The van der Waals surface area contributed by atoms with Crippen LogP contribution in [0.25, 0.3) is 16.3 Å². The number of benzene rings is 3. The Morgan fingerprint density at radius 1 is 1.00 bits per heavy atom. The first-order chi connectivity index (χ1) is 13.5. The molecule has 1 heterocycles. The number of carboxylic acids is 1. The highest BCUT2D eigenvalue weighted by atomic mass is 16.7. The van der Waals surface area contributed by atoms with E-state index in [0.29, 0.717) is 11.5 Å². The van der Waals surface area contributed by atoms with Crippen LogP contribution < -0.4 is 14.8 Å². The summed E-state index contributed by atoms with van der Waals surface area (Å²) in [6, 6.07) is 16.7. The molecule has 0 spiro atoms. The zero-order valence-corrected chi connectivity index (χ0v) is 15.1. The predicted octanol–water partition coefficient (Wildman–Crippen LogP) is 4.31. The Labute approximate surface area is 161 Å². The van der Waals surface area contributed by atoms with Crippen LogP contribution in [0.4, 0.5) is 5.69 Å². The molecular formula is C22H17NO5. The smallest absolute Gasteiger partial charge is 0.337 e. The van der Waals surface area contributed by atoms with E-state index in [1.54, 1.807) is 0 Å². The molecule has 0 bridgehead atoms. The summed E-state index contributed by atoms with van der Waals surface area (Å²) in [4.78, 5) is 24.0. The molecule has 3 aromatic rings. The SMILES string of the molecule is CC(=CC(=O)Nc1cc2c(cc1C(=O)O)OCO2)c1ccc2ccccc2c1. The summed E-state index contributed by atoms with van der Waals surface area (Å²) in [7, 11) is 0. The van der Waals surface area contributed by atoms with Crippen molar-refractivity contribution in [3.05, 3.63) is 71.8 Å². The van der Waals surface area contributed by atoms with E-state index in [4.69, 9.17) is 9.47 Å². The number of aromatic carboxylic acids is 1. The Balaban J connectivity index is 1.60. The van der Waals surface area contributed by atoms with E-state index in [1.165, 1.54) is 18.2 Å². The number of ether oxygens (including phenoxy) is 2. The molecule has 0 radical (unpaired) electrons. The molecule has 0 aliphatic carbocycles. The van der Waals surface area contributed by atoms with Gasteiger partial charge in [-0.25, -0.2) is 4.79 Å². The van der Waals surface area contributed by atoms with E-state index in [1.807, 2.05) is 49.4 Å². The average Bonchev–Trinajstić information content (AvgIpc) is 3.14. The third-order valence-corrected chi connectivity index (χ3v) is 4.55. The van der Waals surface area contributed by atoms with Crippen molar-refractivity contribution >= 4 is 33.9 Å². The van der Waals surface area contributed by atoms with Crippen molar-refractivity contribution in [2.45, 2.75) is 6.92 Å². The van der Waals surface area contributed by atoms with Crippen molar-refractivity contribution in [2.24, 2.45) is 0 Å². The molecular weight excluding hydrogens is 358 g/mol. The van der Waals surface area contributed by atoms with E-state index in [2.05, 4.69) is 5.32 Å². The molecule has 2 N–H and O–H groups in total. The molecule has 1 aliphatic heterocycles. The maximum absolute atomic E-state index is 12.5. The lowest BCUT2D eigenvalue weighted by Crippen LogP contribution is -2.12. The summed E-state index contributed by atoms with van der Waals surface area (Å²) in [5.41, 5.74) is 1.78. The molecule has 6 nitrogen and oxygen atoms in total. The minimum Gasteiger partial charge on any atom is -0.478 e. The fraction of sp³-hybridized carbons (Fsp3) is 0.0909. The highest BCUT2D eigenvalue weighted by molar-refractivity contribution is 6.08. The molecule has 4 rings (SSSR count).